The van der Waals surface area contributed by atoms with E-state index in [0.29, 0.717) is 12.1 Å². The van der Waals surface area contributed by atoms with Gasteiger partial charge in [0.1, 0.15) is 0 Å². The summed E-state index contributed by atoms with van der Waals surface area (Å²) in [6.45, 7) is 0.587. The van der Waals surface area contributed by atoms with Gasteiger partial charge in [-0.2, -0.15) is 0 Å². The topological polar surface area (TPSA) is 54.9 Å². The zero-order chi connectivity index (χ0) is 15.9. The number of carbonyl (C=O) groups is 1. The van der Waals surface area contributed by atoms with Crippen molar-refractivity contribution in [2.24, 2.45) is 0 Å². The average molecular weight is 303 g/mol. The number of carbonyl (C=O) groups excluding carboxylic acids is 1. The van der Waals surface area contributed by atoms with Crippen LogP contribution in [0.5, 0.6) is 0 Å². The summed E-state index contributed by atoms with van der Waals surface area (Å²) < 4.78 is 0. The summed E-state index contributed by atoms with van der Waals surface area (Å²) in [4.78, 5) is 20.5. The molecule has 1 amide bonds. The smallest absolute Gasteiger partial charge is 0.252 e. The van der Waals surface area contributed by atoms with Gasteiger partial charge in [-0.3, -0.25) is 14.8 Å². The molecule has 0 saturated carbocycles. The number of rotatable bonds is 5. The Bertz CT molecular complexity index is 756. The van der Waals surface area contributed by atoms with Crippen LogP contribution in [0.4, 0.5) is 0 Å². The summed E-state index contributed by atoms with van der Waals surface area (Å²) >= 11 is 0. The van der Waals surface area contributed by atoms with E-state index in [1.54, 1.807) is 24.7 Å². The molecule has 0 unspecified atom stereocenters. The molecule has 0 aliphatic rings. The second kappa shape index (κ2) is 7.31. The first-order valence-electron chi connectivity index (χ1n) is 7.51. The van der Waals surface area contributed by atoms with Gasteiger partial charge < -0.3 is 5.32 Å². The van der Waals surface area contributed by atoms with Crippen LogP contribution in [0.2, 0.25) is 0 Å². The fraction of sp³-hybridized carbons (Fsp3) is 0.105. The van der Waals surface area contributed by atoms with E-state index in [9.17, 15) is 4.79 Å². The Morgan fingerprint density at radius 3 is 2.43 bits per heavy atom. The number of pyridine rings is 2. The lowest BCUT2D eigenvalue weighted by Gasteiger charge is -2.06. The number of amides is 1. The average Bonchev–Trinajstić information content (AvgIpc) is 2.63. The normalized spacial score (nSPS) is 10.3. The molecule has 0 radical (unpaired) electrons. The third kappa shape index (κ3) is 4.01. The maximum absolute atomic E-state index is 12.1. The first kappa shape index (κ1) is 14.9. The molecule has 3 rings (SSSR count). The van der Waals surface area contributed by atoms with Crippen LogP contribution in [0, 0.1) is 0 Å². The van der Waals surface area contributed by atoms with Crippen molar-refractivity contribution < 1.29 is 4.79 Å². The summed E-state index contributed by atoms with van der Waals surface area (Å²) in [6.07, 6.45) is 5.90. The van der Waals surface area contributed by atoms with Crippen LogP contribution in [0.15, 0.2) is 73.2 Å². The molecule has 1 N–H and O–H groups in total. The van der Waals surface area contributed by atoms with E-state index in [1.807, 2.05) is 48.5 Å². The maximum Gasteiger partial charge on any atom is 0.252 e. The van der Waals surface area contributed by atoms with Crippen LogP contribution < -0.4 is 5.32 Å². The maximum atomic E-state index is 12.1. The number of hydrogen-bond donors (Lipinski definition) is 1. The number of aromatic nitrogens is 2. The molecule has 0 bridgehead atoms. The van der Waals surface area contributed by atoms with Crippen molar-refractivity contribution in [3.63, 3.8) is 0 Å². The zero-order valence-electron chi connectivity index (χ0n) is 12.6. The Hall–Kier alpha value is -3.01. The first-order chi connectivity index (χ1) is 11.3. The minimum atomic E-state index is -0.105. The Kier molecular flexibility index (Phi) is 4.74. The molecule has 0 spiro atoms. The van der Waals surface area contributed by atoms with Crippen LogP contribution in [0.3, 0.4) is 0 Å². The lowest BCUT2D eigenvalue weighted by atomic mass is 10.1. The largest absolute Gasteiger partial charge is 0.352 e. The van der Waals surface area contributed by atoms with Gasteiger partial charge in [-0.25, -0.2) is 0 Å². The van der Waals surface area contributed by atoms with Gasteiger partial charge in [0.15, 0.2) is 0 Å². The van der Waals surface area contributed by atoms with E-state index >= 15 is 0 Å². The van der Waals surface area contributed by atoms with Crippen molar-refractivity contribution in [1.29, 1.82) is 0 Å². The van der Waals surface area contributed by atoms with Gasteiger partial charge in [0.25, 0.3) is 5.91 Å². The van der Waals surface area contributed by atoms with Crippen molar-refractivity contribution in [3.05, 3.63) is 84.3 Å². The molecule has 0 aliphatic heterocycles. The molecule has 2 aromatic heterocycles. The van der Waals surface area contributed by atoms with E-state index in [-0.39, 0.29) is 5.91 Å². The summed E-state index contributed by atoms with van der Waals surface area (Å²) in [5.74, 6) is -0.105. The molecule has 1 aromatic carbocycles. The quantitative estimate of drug-likeness (QED) is 0.788. The number of nitrogens with one attached hydrogen (secondary N) is 1. The van der Waals surface area contributed by atoms with Crippen LogP contribution in [0.1, 0.15) is 15.9 Å². The van der Waals surface area contributed by atoms with Crippen LogP contribution in [-0.4, -0.2) is 22.4 Å². The van der Waals surface area contributed by atoms with Crippen molar-refractivity contribution in [2.45, 2.75) is 6.42 Å². The van der Waals surface area contributed by atoms with E-state index in [1.165, 1.54) is 0 Å². The highest BCUT2D eigenvalue weighted by atomic mass is 16.1. The van der Waals surface area contributed by atoms with E-state index in [0.717, 1.165) is 23.2 Å². The van der Waals surface area contributed by atoms with Gasteiger partial charge in [0, 0.05) is 30.7 Å². The number of hydrogen-bond acceptors (Lipinski definition) is 3. The Morgan fingerprint density at radius 1 is 0.957 bits per heavy atom. The van der Waals surface area contributed by atoms with Gasteiger partial charge in [-0.1, -0.05) is 30.3 Å². The van der Waals surface area contributed by atoms with Gasteiger partial charge >= 0.3 is 0 Å². The molecule has 0 aliphatic carbocycles. The summed E-state index contributed by atoms with van der Waals surface area (Å²) in [5.41, 5.74) is 3.62. The Morgan fingerprint density at radius 2 is 1.74 bits per heavy atom. The standard InChI is InChI=1S/C19H17N3O/c23-19(21-13-10-15-8-11-20-12-9-15)17-6-7-18(22-14-17)16-4-2-1-3-5-16/h1-9,11-12,14H,10,13H2,(H,21,23). The molecule has 2 heterocycles. The summed E-state index contributed by atoms with van der Waals surface area (Å²) in [6, 6.07) is 17.5. The molecule has 4 nitrogen and oxygen atoms in total. The monoisotopic (exact) mass is 303 g/mol. The van der Waals surface area contributed by atoms with E-state index in [2.05, 4.69) is 15.3 Å². The van der Waals surface area contributed by atoms with E-state index < -0.39 is 0 Å². The second-order valence-corrected chi connectivity index (χ2v) is 5.16. The number of benzene rings is 1. The van der Waals surface area contributed by atoms with Crippen molar-refractivity contribution >= 4 is 5.91 Å². The van der Waals surface area contributed by atoms with Gasteiger partial charge in [-0.05, 0) is 36.2 Å². The highest BCUT2D eigenvalue weighted by Gasteiger charge is 2.06. The molecule has 0 atom stereocenters. The molecule has 0 saturated heterocycles. The molecule has 23 heavy (non-hydrogen) atoms. The predicted octanol–water partition coefficient (Wildman–Crippen LogP) is 3.12. The summed E-state index contributed by atoms with van der Waals surface area (Å²) in [7, 11) is 0. The van der Waals surface area contributed by atoms with Crippen molar-refractivity contribution in [3.8, 4) is 11.3 Å². The Labute approximate surface area is 135 Å². The van der Waals surface area contributed by atoms with Crippen LogP contribution >= 0.6 is 0 Å². The van der Waals surface area contributed by atoms with Crippen LogP contribution in [-0.2, 0) is 6.42 Å². The minimum absolute atomic E-state index is 0.105. The van der Waals surface area contributed by atoms with Crippen LogP contribution in [0.25, 0.3) is 11.3 Å². The van der Waals surface area contributed by atoms with Gasteiger partial charge in [-0.15, -0.1) is 0 Å². The molecular weight excluding hydrogens is 286 g/mol. The third-order valence-electron chi connectivity index (χ3n) is 3.54. The Balaban J connectivity index is 1.58. The highest BCUT2D eigenvalue weighted by molar-refractivity contribution is 5.94. The summed E-state index contributed by atoms with van der Waals surface area (Å²) in [5, 5.41) is 2.91. The second-order valence-electron chi connectivity index (χ2n) is 5.16. The lowest BCUT2D eigenvalue weighted by Crippen LogP contribution is -2.25. The fourth-order valence-electron chi connectivity index (χ4n) is 2.28. The molecular formula is C19H17N3O. The lowest BCUT2D eigenvalue weighted by molar-refractivity contribution is 0.0954. The highest BCUT2D eigenvalue weighted by Crippen LogP contribution is 2.16. The van der Waals surface area contributed by atoms with Gasteiger partial charge in [0.05, 0.1) is 11.3 Å². The third-order valence-corrected chi connectivity index (χ3v) is 3.54. The number of nitrogens with zero attached hydrogens (tertiary/aromatic N) is 2. The fourth-order valence-corrected chi connectivity index (χ4v) is 2.28. The van der Waals surface area contributed by atoms with Gasteiger partial charge in [0.2, 0.25) is 0 Å². The van der Waals surface area contributed by atoms with E-state index in [4.69, 9.17) is 0 Å². The molecule has 114 valence electrons. The van der Waals surface area contributed by atoms with Crippen molar-refractivity contribution in [1.82, 2.24) is 15.3 Å². The SMILES string of the molecule is O=C(NCCc1ccncc1)c1ccc(-c2ccccc2)nc1. The van der Waals surface area contributed by atoms with Crippen molar-refractivity contribution in [2.75, 3.05) is 6.54 Å². The predicted molar refractivity (Wildman–Crippen MR) is 89.9 cm³/mol. The molecule has 4 heteroatoms. The molecule has 0 fully saturated rings. The first-order valence-corrected chi connectivity index (χ1v) is 7.51. The minimum Gasteiger partial charge on any atom is -0.352 e. The zero-order valence-corrected chi connectivity index (χ0v) is 12.6. The molecule has 3 aromatic rings.